The van der Waals surface area contributed by atoms with Crippen molar-refractivity contribution in [3.63, 3.8) is 0 Å². The van der Waals surface area contributed by atoms with Crippen molar-refractivity contribution in [3.8, 4) is 0 Å². The van der Waals surface area contributed by atoms with Crippen LogP contribution in [0.3, 0.4) is 0 Å². The molecule has 5 nitrogen and oxygen atoms in total. The number of sulfonamides is 1. The van der Waals surface area contributed by atoms with Crippen molar-refractivity contribution in [2.24, 2.45) is 0 Å². The molecule has 0 aliphatic heterocycles. The highest BCUT2D eigenvalue weighted by Crippen LogP contribution is 2.13. The largest absolute Gasteiger partial charge is 0.355 e. The molecule has 0 saturated carbocycles. The quantitative estimate of drug-likeness (QED) is 0.746. The average Bonchev–Trinajstić information content (AvgIpc) is 2.40. The minimum atomic E-state index is -3.80. The zero-order valence-corrected chi connectivity index (χ0v) is 12.4. The van der Waals surface area contributed by atoms with Crippen LogP contribution in [-0.4, -0.2) is 27.4 Å². The first-order valence-corrected chi connectivity index (χ1v) is 7.87. The molecule has 1 amide bonds. The Balaban J connectivity index is 2.61. The maximum atomic E-state index is 13.1. The summed E-state index contributed by atoms with van der Waals surface area (Å²) in [5.74, 6) is -0.859. The summed E-state index contributed by atoms with van der Waals surface area (Å²) in [7, 11) is -3.80. The summed E-state index contributed by atoms with van der Waals surface area (Å²) >= 11 is 0. The van der Waals surface area contributed by atoms with Crippen LogP contribution >= 0.6 is 0 Å². The van der Waals surface area contributed by atoms with Gasteiger partial charge in [-0.2, -0.15) is 0 Å². The number of carbonyl (C=O) groups excluding carboxylic acids is 1. The molecule has 0 unspecified atom stereocenters. The topological polar surface area (TPSA) is 75.3 Å². The Morgan fingerprint density at radius 1 is 1.35 bits per heavy atom. The number of amides is 1. The van der Waals surface area contributed by atoms with Crippen LogP contribution in [0, 0.1) is 12.7 Å². The van der Waals surface area contributed by atoms with Gasteiger partial charge in [0.15, 0.2) is 0 Å². The lowest BCUT2D eigenvalue weighted by molar-refractivity contribution is -0.119. The molecule has 0 aliphatic carbocycles. The van der Waals surface area contributed by atoms with Gasteiger partial charge in [-0.25, -0.2) is 17.5 Å². The van der Waals surface area contributed by atoms with Crippen molar-refractivity contribution in [2.45, 2.75) is 31.6 Å². The molecule has 0 heterocycles. The number of hydrogen-bond donors (Lipinski definition) is 2. The van der Waals surface area contributed by atoms with Gasteiger partial charge in [0, 0.05) is 6.54 Å². The summed E-state index contributed by atoms with van der Waals surface area (Å²) < 4.78 is 39.1. The predicted octanol–water partition coefficient (Wildman–Crippen LogP) is 1.33. The van der Waals surface area contributed by atoms with Gasteiger partial charge in [-0.1, -0.05) is 13.3 Å². The van der Waals surface area contributed by atoms with Crippen LogP contribution in [-0.2, 0) is 14.8 Å². The van der Waals surface area contributed by atoms with Crippen LogP contribution < -0.4 is 10.0 Å². The molecular weight excluding hydrogens is 283 g/mol. The maximum Gasteiger partial charge on any atom is 0.241 e. The van der Waals surface area contributed by atoms with Gasteiger partial charge >= 0.3 is 0 Å². The lowest BCUT2D eigenvalue weighted by atomic mass is 10.2. The third kappa shape index (κ3) is 4.90. The summed E-state index contributed by atoms with van der Waals surface area (Å²) in [6, 6.07) is 3.48. The highest BCUT2D eigenvalue weighted by atomic mass is 32.2. The lowest BCUT2D eigenvalue weighted by Gasteiger charge is -2.08. The second kappa shape index (κ2) is 7.35. The van der Waals surface area contributed by atoms with Crippen molar-refractivity contribution in [3.05, 3.63) is 29.6 Å². The minimum absolute atomic E-state index is 0.0576. The molecule has 1 rings (SSSR count). The smallest absolute Gasteiger partial charge is 0.241 e. The monoisotopic (exact) mass is 302 g/mol. The number of hydrogen-bond acceptors (Lipinski definition) is 3. The van der Waals surface area contributed by atoms with Gasteiger partial charge in [0.05, 0.1) is 11.4 Å². The maximum absolute atomic E-state index is 13.1. The van der Waals surface area contributed by atoms with Crippen LogP contribution in [0.2, 0.25) is 0 Å². The molecule has 0 atom stereocenters. The van der Waals surface area contributed by atoms with E-state index in [4.69, 9.17) is 0 Å². The summed E-state index contributed by atoms with van der Waals surface area (Å²) in [6.45, 7) is 3.66. The molecule has 0 aromatic heterocycles. The van der Waals surface area contributed by atoms with Crippen LogP contribution in [0.1, 0.15) is 25.3 Å². The second-order valence-electron chi connectivity index (χ2n) is 4.44. The molecule has 0 fully saturated rings. The Morgan fingerprint density at radius 3 is 2.65 bits per heavy atom. The van der Waals surface area contributed by atoms with Gasteiger partial charge in [0.2, 0.25) is 15.9 Å². The molecule has 1 aromatic carbocycles. The number of nitrogens with one attached hydrogen (secondary N) is 2. The van der Waals surface area contributed by atoms with E-state index in [0.29, 0.717) is 6.54 Å². The van der Waals surface area contributed by atoms with Crippen LogP contribution in [0.4, 0.5) is 4.39 Å². The Morgan fingerprint density at radius 2 is 2.05 bits per heavy atom. The van der Waals surface area contributed by atoms with Crippen LogP contribution in [0.5, 0.6) is 0 Å². The average molecular weight is 302 g/mol. The van der Waals surface area contributed by atoms with E-state index >= 15 is 0 Å². The van der Waals surface area contributed by atoms with E-state index in [1.165, 1.54) is 19.1 Å². The fourth-order valence-electron chi connectivity index (χ4n) is 1.50. The fraction of sp³-hybridized carbons (Fsp3) is 0.462. The van der Waals surface area contributed by atoms with Gasteiger partial charge in [-0.3, -0.25) is 4.79 Å². The first-order valence-electron chi connectivity index (χ1n) is 6.39. The number of unbranched alkanes of at least 4 members (excludes halogenated alkanes) is 1. The van der Waals surface area contributed by atoms with Gasteiger partial charge in [0.25, 0.3) is 0 Å². The number of carbonyl (C=O) groups is 1. The summed E-state index contributed by atoms with van der Waals surface area (Å²) in [4.78, 5) is 11.4. The van der Waals surface area contributed by atoms with Crippen molar-refractivity contribution < 1.29 is 17.6 Å². The summed E-state index contributed by atoms with van der Waals surface area (Å²) in [6.07, 6.45) is 1.79. The van der Waals surface area contributed by atoms with E-state index in [2.05, 4.69) is 10.0 Å². The molecule has 0 radical (unpaired) electrons. The van der Waals surface area contributed by atoms with Gasteiger partial charge in [0.1, 0.15) is 5.82 Å². The van der Waals surface area contributed by atoms with Crippen molar-refractivity contribution in [1.29, 1.82) is 0 Å². The highest BCUT2D eigenvalue weighted by Gasteiger charge is 2.16. The van der Waals surface area contributed by atoms with Gasteiger partial charge in [-0.05, 0) is 37.1 Å². The van der Waals surface area contributed by atoms with Crippen LogP contribution in [0.15, 0.2) is 23.1 Å². The van der Waals surface area contributed by atoms with Crippen LogP contribution in [0.25, 0.3) is 0 Å². The SMILES string of the molecule is CCCCNC(=O)CNS(=O)(=O)c1ccc(F)c(C)c1. The first kappa shape index (κ1) is 16.6. The molecule has 2 N–H and O–H groups in total. The second-order valence-corrected chi connectivity index (χ2v) is 6.21. The molecule has 0 bridgehead atoms. The van der Waals surface area contributed by atoms with E-state index in [9.17, 15) is 17.6 Å². The molecule has 7 heteroatoms. The fourth-order valence-corrected chi connectivity index (χ4v) is 2.56. The van der Waals surface area contributed by atoms with Gasteiger partial charge in [-0.15, -0.1) is 0 Å². The zero-order chi connectivity index (χ0) is 15.2. The summed E-state index contributed by atoms with van der Waals surface area (Å²) in [5, 5.41) is 2.60. The van der Waals surface area contributed by atoms with E-state index in [1.54, 1.807) is 0 Å². The zero-order valence-electron chi connectivity index (χ0n) is 11.6. The molecule has 1 aromatic rings. The molecular formula is C13H19FN2O3S. The lowest BCUT2D eigenvalue weighted by Crippen LogP contribution is -2.37. The molecule has 0 aliphatic rings. The Hall–Kier alpha value is -1.47. The van der Waals surface area contributed by atoms with E-state index in [-0.39, 0.29) is 22.9 Å². The van der Waals surface area contributed by atoms with Crippen molar-refractivity contribution in [2.75, 3.05) is 13.1 Å². The Bertz CT molecular complexity index is 573. The van der Waals surface area contributed by atoms with Gasteiger partial charge < -0.3 is 5.32 Å². The summed E-state index contributed by atoms with van der Waals surface area (Å²) in [5.41, 5.74) is 0.236. The third-order valence-corrected chi connectivity index (χ3v) is 4.11. The third-order valence-electron chi connectivity index (χ3n) is 2.71. The minimum Gasteiger partial charge on any atom is -0.355 e. The van der Waals surface area contributed by atoms with E-state index < -0.39 is 15.8 Å². The number of benzene rings is 1. The van der Waals surface area contributed by atoms with E-state index in [1.807, 2.05) is 6.92 Å². The normalized spacial score (nSPS) is 11.3. The molecule has 20 heavy (non-hydrogen) atoms. The Labute approximate surface area is 118 Å². The number of halogens is 1. The Kier molecular flexibility index (Phi) is 6.09. The predicted molar refractivity (Wildman–Crippen MR) is 74.2 cm³/mol. The standard InChI is InChI=1S/C13H19FN2O3S/c1-3-4-7-15-13(17)9-16-20(18,19)11-5-6-12(14)10(2)8-11/h5-6,8,16H,3-4,7,9H2,1-2H3,(H,15,17). The number of aryl methyl sites for hydroxylation is 1. The van der Waals surface area contributed by atoms with E-state index in [0.717, 1.165) is 18.9 Å². The highest BCUT2D eigenvalue weighted by molar-refractivity contribution is 7.89. The number of rotatable bonds is 7. The molecule has 112 valence electrons. The first-order chi connectivity index (χ1) is 9.36. The molecule has 0 saturated heterocycles. The van der Waals surface area contributed by atoms with Crippen molar-refractivity contribution in [1.82, 2.24) is 10.0 Å². The molecule has 0 spiro atoms. The van der Waals surface area contributed by atoms with Crippen molar-refractivity contribution >= 4 is 15.9 Å².